The van der Waals surface area contributed by atoms with Gasteiger partial charge in [-0.05, 0) is 44.1 Å². The second-order valence-corrected chi connectivity index (χ2v) is 7.82. The van der Waals surface area contributed by atoms with Gasteiger partial charge in [-0.1, -0.05) is 107 Å². The fourth-order valence-electron chi connectivity index (χ4n) is 3.50. The smallest absolute Gasteiger partial charge is 0.00793 e. The van der Waals surface area contributed by atoms with Crippen molar-refractivity contribution in [3.05, 3.63) is 48.0 Å². The Kier molecular flexibility index (Phi) is 15.3. The van der Waals surface area contributed by atoms with Crippen LogP contribution in [0.15, 0.2) is 42.5 Å². The van der Waals surface area contributed by atoms with Crippen LogP contribution in [-0.4, -0.2) is 6.04 Å². The molecular weight excluding hydrogens is 314 g/mol. The predicted molar refractivity (Wildman–Crippen MR) is 118 cm³/mol. The molecule has 0 aliphatic rings. The van der Waals surface area contributed by atoms with Gasteiger partial charge in [0.25, 0.3) is 0 Å². The summed E-state index contributed by atoms with van der Waals surface area (Å²) in [6, 6.07) is 11.0. The molecule has 2 N–H and O–H groups in total. The maximum Gasteiger partial charge on any atom is 0.00793 e. The molecule has 0 fully saturated rings. The third-order valence-electron chi connectivity index (χ3n) is 5.18. The van der Waals surface area contributed by atoms with E-state index < -0.39 is 0 Å². The zero-order valence-electron chi connectivity index (χ0n) is 17.3. The van der Waals surface area contributed by atoms with E-state index in [-0.39, 0.29) is 0 Å². The average Bonchev–Trinajstić information content (AvgIpc) is 2.65. The van der Waals surface area contributed by atoms with Gasteiger partial charge < -0.3 is 5.73 Å². The van der Waals surface area contributed by atoms with Gasteiger partial charge in [0.1, 0.15) is 0 Å². The van der Waals surface area contributed by atoms with Crippen molar-refractivity contribution in [1.82, 2.24) is 0 Å². The number of hydrogen-bond acceptors (Lipinski definition) is 1. The summed E-state index contributed by atoms with van der Waals surface area (Å²) >= 11 is 0. The van der Waals surface area contributed by atoms with Gasteiger partial charge in [-0.2, -0.15) is 0 Å². The Labute approximate surface area is 163 Å². The van der Waals surface area contributed by atoms with E-state index in [9.17, 15) is 0 Å². The fourth-order valence-corrected chi connectivity index (χ4v) is 3.50. The molecule has 1 aromatic carbocycles. The zero-order chi connectivity index (χ0) is 18.7. The molecule has 0 radical (unpaired) electrons. The molecule has 0 heterocycles. The summed E-state index contributed by atoms with van der Waals surface area (Å²) < 4.78 is 0. The number of benzene rings is 1. The molecule has 0 aliphatic carbocycles. The second kappa shape index (κ2) is 17.3. The summed E-state index contributed by atoms with van der Waals surface area (Å²) in [6.07, 6.45) is 24.6. The summed E-state index contributed by atoms with van der Waals surface area (Å²) in [7, 11) is 0. The fraction of sp³-hybridized carbons (Fsp3) is 0.680. The molecule has 1 rings (SSSR count). The zero-order valence-corrected chi connectivity index (χ0v) is 17.3. The molecule has 1 heteroatoms. The molecule has 0 aromatic heterocycles. The molecular formula is C25H43N. The van der Waals surface area contributed by atoms with Crippen molar-refractivity contribution in [2.45, 2.75) is 109 Å². The van der Waals surface area contributed by atoms with E-state index in [2.05, 4.69) is 49.4 Å². The highest BCUT2D eigenvalue weighted by Gasteiger charge is 2.03. The molecule has 0 amide bonds. The Bertz CT molecular complexity index is 423. The average molecular weight is 358 g/mol. The third-order valence-corrected chi connectivity index (χ3v) is 5.18. The Morgan fingerprint density at radius 3 is 1.88 bits per heavy atom. The molecule has 0 spiro atoms. The molecule has 0 aliphatic heterocycles. The van der Waals surface area contributed by atoms with Gasteiger partial charge in [0.05, 0.1) is 0 Å². The van der Waals surface area contributed by atoms with E-state index in [0.717, 1.165) is 12.8 Å². The van der Waals surface area contributed by atoms with Crippen LogP contribution in [-0.2, 0) is 6.42 Å². The van der Waals surface area contributed by atoms with Gasteiger partial charge in [0.15, 0.2) is 0 Å². The quantitative estimate of drug-likeness (QED) is 0.225. The Morgan fingerprint density at radius 2 is 1.27 bits per heavy atom. The first-order valence-corrected chi connectivity index (χ1v) is 11.3. The summed E-state index contributed by atoms with van der Waals surface area (Å²) in [5.41, 5.74) is 7.62. The van der Waals surface area contributed by atoms with Gasteiger partial charge in [0, 0.05) is 6.04 Å². The van der Waals surface area contributed by atoms with Crippen molar-refractivity contribution >= 4 is 0 Å². The van der Waals surface area contributed by atoms with Gasteiger partial charge in [-0.3, -0.25) is 0 Å². The summed E-state index contributed by atoms with van der Waals surface area (Å²) in [5.74, 6) is 0. The molecule has 1 unspecified atom stereocenters. The number of allylic oxidation sites excluding steroid dienone is 2. The van der Waals surface area contributed by atoms with E-state index in [4.69, 9.17) is 5.73 Å². The van der Waals surface area contributed by atoms with Crippen LogP contribution in [0, 0.1) is 0 Å². The minimum atomic E-state index is 0.322. The number of rotatable bonds is 17. The van der Waals surface area contributed by atoms with Crippen molar-refractivity contribution in [1.29, 1.82) is 0 Å². The highest BCUT2D eigenvalue weighted by molar-refractivity contribution is 5.15. The lowest BCUT2D eigenvalue weighted by molar-refractivity contribution is 0.535. The van der Waals surface area contributed by atoms with Crippen LogP contribution in [0.5, 0.6) is 0 Å². The van der Waals surface area contributed by atoms with Crippen LogP contribution in [0.4, 0.5) is 0 Å². The monoisotopic (exact) mass is 357 g/mol. The standard InChI is InChI=1S/C25H43N/c1-2-3-4-5-6-7-8-9-10-11-12-13-14-15-19-22-25(26)23-24-20-17-16-18-21-24/h9-10,16-18,20-21,25H,2-8,11-15,19,22-23,26H2,1H3/b10-9-. The minimum Gasteiger partial charge on any atom is -0.327 e. The maximum absolute atomic E-state index is 6.25. The molecule has 0 saturated carbocycles. The molecule has 1 nitrogen and oxygen atoms in total. The molecule has 148 valence electrons. The van der Waals surface area contributed by atoms with Crippen molar-refractivity contribution < 1.29 is 0 Å². The Morgan fingerprint density at radius 1 is 0.731 bits per heavy atom. The second-order valence-electron chi connectivity index (χ2n) is 7.82. The first-order chi connectivity index (χ1) is 12.8. The van der Waals surface area contributed by atoms with Gasteiger partial charge in [-0.15, -0.1) is 0 Å². The van der Waals surface area contributed by atoms with Gasteiger partial charge in [0.2, 0.25) is 0 Å². The largest absolute Gasteiger partial charge is 0.327 e. The van der Waals surface area contributed by atoms with Crippen LogP contribution in [0.3, 0.4) is 0 Å². The van der Waals surface area contributed by atoms with E-state index in [1.807, 2.05) is 0 Å². The predicted octanol–water partition coefficient (Wildman–Crippen LogP) is 7.59. The molecule has 0 bridgehead atoms. The topological polar surface area (TPSA) is 26.0 Å². The van der Waals surface area contributed by atoms with Crippen molar-refractivity contribution in [2.75, 3.05) is 0 Å². The molecule has 1 atom stereocenters. The highest BCUT2D eigenvalue weighted by Crippen LogP contribution is 2.12. The van der Waals surface area contributed by atoms with Crippen LogP contribution in [0.1, 0.15) is 102 Å². The Balaban J connectivity index is 1.82. The van der Waals surface area contributed by atoms with Crippen LogP contribution in [0.25, 0.3) is 0 Å². The Hall–Kier alpha value is -1.08. The van der Waals surface area contributed by atoms with E-state index >= 15 is 0 Å². The first kappa shape index (κ1) is 23.0. The van der Waals surface area contributed by atoms with Gasteiger partial charge >= 0.3 is 0 Å². The SMILES string of the molecule is CCCCCCCC/C=C\CCCCCCCC(N)Cc1ccccc1. The lowest BCUT2D eigenvalue weighted by Crippen LogP contribution is -2.22. The molecule has 1 aromatic rings. The van der Waals surface area contributed by atoms with Crippen LogP contribution >= 0.6 is 0 Å². The van der Waals surface area contributed by atoms with Gasteiger partial charge in [-0.25, -0.2) is 0 Å². The van der Waals surface area contributed by atoms with Crippen molar-refractivity contribution in [2.24, 2.45) is 5.73 Å². The van der Waals surface area contributed by atoms with Crippen molar-refractivity contribution in [3.8, 4) is 0 Å². The number of nitrogens with two attached hydrogens (primary N) is 1. The lowest BCUT2D eigenvalue weighted by atomic mass is 10.0. The summed E-state index contributed by atoms with van der Waals surface area (Å²) in [5, 5.41) is 0. The van der Waals surface area contributed by atoms with Crippen molar-refractivity contribution in [3.63, 3.8) is 0 Å². The minimum absolute atomic E-state index is 0.322. The first-order valence-electron chi connectivity index (χ1n) is 11.3. The maximum atomic E-state index is 6.25. The number of hydrogen-bond donors (Lipinski definition) is 1. The molecule has 26 heavy (non-hydrogen) atoms. The summed E-state index contributed by atoms with van der Waals surface area (Å²) in [4.78, 5) is 0. The number of unbranched alkanes of at least 4 members (excludes halogenated alkanes) is 11. The third kappa shape index (κ3) is 14.1. The normalized spacial score (nSPS) is 12.7. The highest BCUT2D eigenvalue weighted by atomic mass is 14.6. The lowest BCUT2D eigenvalue weighted by Gasteiger charge is -2.11. The summed E-state index contributed by atoms with van der Waals surface area (Å²) in [6.45, 7) is 2.28. The van der Waals surface area contributed by atoms with E-state index in [1.165, 1.54) is 89.0 Å². The van der Waals surface area contributed by atoms with E-state index in [1.54, 1.807) is 0 Å². The van der Waals surface area contributed by atoms with E-state index in [0.29, 0.717) is 6.04 Å². The molecule has 0 saturated heterocycles. The van der Waals surface area contributed by atoms with Crippen LogP contribution < -0.4 is 5.73 Å². The van der Waals surface area contributed by atoms with Crippen LogP contribution in [0.2, 0.25) is 0 Å².